The van der Waals surface area contributed by atoms with Gasteiger partial charge in [0.1, 0.15) is 5.82 Å². The number of nitrogens with zero attached hydrogens (tertiary/aromatic N) is 3. The number of rotatable bonds is 6. The van der Waals surface area contributed by atoms with Crippen LogP contribution in [0.4, 0.5) is 20.3 Å². The minimum absolute atomic E-state index is 0.144. The molecule has 158 valence electrons. The average molecular weight is 423 g/mol. The Balaban J connectivity index is 1.68. The second kappa shape index (κ2) is 8.14. The summed E-state index contributed by atoms with van der Waals surface area (Å²) in [4.78, 5) is 20.4. The summed E-state index contributed by atoms with van der Waals surface area (Å²) >= 11 is 0. The van der Waals surface area contributed by atoms with Crippen LogP contribution in [0.15, 0.2) is 36.7 Å². The van der Waals surface area contributed by atoms with E-state index in [4.69, 9.17) is 11.0 Å². The van der Waals surface area contributed by atoms with Gasteiger partial charge in [0.05, 0.1) is 17.9 Å². The number of pyridine rings is 2. The second-order valence-corrected chi connectivity index (χ2v) is 7.33. The third kappa shape index (κ3) is 4.23. The normalized spacial score (nSPS) is 17.4. The molecule has 0 radical (unpaired) electrons. The monoisotopic (exact) mass is 423 g/mol. The molecule has 0 bridgehead atoms. The maximum absolute atomic E-state index is 12.5. The molecule has 1 amide bonds. The fourth-order valence-electron chi connectivity index (χ4n) is 3.54. The van der Waals surface area contributed by atoms with Crippen LogP contribution >= 0.6 is 0 Å². The van der Waals surface area contributed by atoms with Crippen LogP contribution in [0.5, 0.6) is 5.88 Å². The molecule has 2 atom stereocenters. The predicted octanol–water partition coefficient (Wildman–Crippen LogP) is 4.14. The van der Waals surface area contributed by atoms with Crippen LogP contribution in [0.1, 0.15) is 18.9 Å². The molecule has 4 rings (SSSR count). The first kappa shape index (κ1) is 20.5. The van der Waals surface area contributed by atoms with Gasteiger partial charge in [-0.2, -0.15) is 14.0 Å². The summed E-state index contributed by atoms with van der Waals surface area (Å²) < 4.78 is 29.4. The summed E-state index contributed by atoms with van der Waals surface area (Å²) in [6, 6.07) is 8.94. The second-order valence-electron chi connectivity index (χ2n) is 7.33. The number of fused-ring (bicyclic) bond motifs is 1. The van der Waals surface area contributed by atoms with E-state index in [0.717, 1.165) is 22.1 Å². The van der Waals surface area contributed by atoms with E-state index in [1.165, 1.54) is 12.3 Å². The summed E-state index contributed by atoms with van der Waals surface area (Å²) in [6.45, 7) is -1.04. The Bertz CT molecular complexity index is 1210. The SMILES string of the molecule is CCc1cc(OC(F)F)ncc1-c1cc(N)c2cnc(NC(=O)[C@@H]3CC3C#N)cc2c1. The first-order chi connectivity index (χ1) is 14.9. The molecule has 1 fully saturated rings. The predicted molar refractivity (Wildman–Crippen MR) is 111 cm³/mol. The minimum Gasteiger partial charge on any atom is -0.417 e. The van der Waals surface area contributed by atoms with Crippen LogP contribution in [0.2, 0.25) is 0 Å². The van der Waals surface area contributed by atoms with E-state index < -0.39 is 6.61 Å². The number of nitriles is 1. The number of anilines is 2. The molecule has 2 aromatic heterocycles. The number of carbonyl (C=O) groups excluding carboxylic acids is 1. The molecule has 1 aliphatic rings. The summed E-state index contributed by atoms with van der Waals surface area (Å²) in [6.07, 6.45) is 4.20. The summed E-state index contributed by atoms with van der Waals surface area (Å²) in [5.74, 6) is -0.540. The van der Waals surface area contributed by atoms with E-state index in [2.05, 4.69) is 26.1 Å². The van der Waals surface area contributed by atoms with Gasteiger partial charge in [0.2, 0.25) is 11.8 Å². The molecule has 1 aliphatic carbocycles. The molecule has 3 N–H and O–H groups in total. The van der Waals surface area contributed by atoms with Crippen LogP contribution in [-0.2, 0) is 11.2 Å². The van der Waals surface area contributed by atoms with Gasteiger partial charge in [-0.25, -0.2) is 9.97 Å². The minimum atomic E-state index is -2.94. The lowest BCUT2D eigenvalue weighted by Crippen LogP contribution is -2.15. The Labute approximate surface area is 176 Å². The summed E-state index contributed by atoms with van der Waals surface area (Å²) in [5, 5.41) is 13.1. The molecule has 0 saturated heterocycles. The van der Waals surface area contributed by atoms with Crippen LogP contribution in [-0.4, -0.2) is 22.5 Å². The van der Waals surface area contributed by atoms with Crippen molar-refractivity contribution in [1.82, 2.24) is 9.97 Å². The third-order valence-corrected chi connectivity index (χ3v) is 5.28. The number of amides is 1. The standard InChI is InChI=1S/C22H19F2N5O2/c1-2-11-7-20(31-22(23)24)28-9-16(11)12-3-13-6-19(27-10-17(13)18(26)5-12)29-21(30)15-4-14(15)8-25/h3,5-7,9-10,14-15,22H,2,4,26H2,1H3,(H,27,29,30)/t14?,15-/m1/s1. The quantitative estimate of drug-likeness (QED) is 0.576. The topological polar surface area (TPSA) is 114 Å². The van der Waals surface area contributed by atoms with Gasteiger partial charge < -0.3 is 15.8 Å². The van der Waals surface area contributed by atoms with Gasteiger partial charge in [-0.05, 0) is 47.6 Å². The number of aromatic nitrogens is 2. The Hall–Kier alpha value is -3.80. The van der Waals surface area contributed by atoms with E-state index >= 15 is 0 Å². The molecule has 7 nitrogen and oxygen atoms in total. The van der Waals surface area contributed by atoms with Crippen molar-refractivity contribution in [2.45, 2.75) is 26.4 Å². The first-order valence-electron chi connectivity index (χ1n) is 9.73. The average Bonchev–Trinajstić information content (AvgIpc) is 3.53. The molecule has 1 aromatic carbocycles. The van der Waals surface area contributed by atoms with Crippen LogP contribution < -0.4 is 15.8 Å². The fourth-order valence-corrected chi connectivity index (χ4v) is 3.54. The number of nitrogen functional groups attached to an aromatic ring is 1. The van der Waals surface area contributed by atoms with Crippen LogP contribution in [0.25, 0.3) is 21.9 Å². The first-order valence-corrected chi connectivity index (χ1v) is 9.73. The van der Waals surface area contributed by atoms with E-state index in [0.29, 0.717) is 29.7 Å². The van der Waals surface area contributed by atoms with Crippen LogP contribution in [0.3, 0.4) is 0 Å². The number of aryl methyl sites for hydroxylation is 1. The van der Waals surface area contributed by atoms with E-state index in [-0.39, 0.29) is 23.6 Å². The van der Waals surface area contributed by atoms with Crippen LogP contribution in [0, 0.1) is 23.2 Å². The van der Waals surface area contributed by atoms with E-state index in [1.807, 2.05) is 13.0 Å². The van der Waals surface area contributed by atoms with Gasteiger partial charge in [-0.15, -0.1) is 0 Å². The Morgan fingerprint density at radius 3 is 2.81 bits per heavy atom. The Morgan fingerprint density at radius 1 is 1.32 bits per heavy atom. The number of hydrogen-bond donors (Lipinski definition) is 2. The highest BCUT2D eigenvalue weighted by atomic mass is 19.3. The maximum atomic E-state index is 12.5. The molecule has 1 saturated carbocycles. The fraction of sp³-hybridized carbons (Fsp3) is 0.273. The van der Waals surface area contributed by atoms with Crippen molar-refractivity contribution in [2.24, 2.45) is 11.8 Å². The van der Waals surface area contributed by atoms with Crippen molar-refractivity contribution in [3.05, 3.63) is 42.2 Å². The lowest BCUT2D eigenvalue weighted by Gasteiger charge is -2.13. The largest absolute Gasteiger partial charge is 0.417 e. The maximum Gasteiger partial charge on any atom is 0.388 e. The van der Waals surface area contributed by atoms with Gasteiger partial charge in [0.15, 0.2) is 0 Å². The van der Waals surface area contributed by atoms with Crippen molar-refractivity contribution in [3.63, 3.8) is 0 Å². The number of nitrogens with one attached hydrogen (secondary N) is 1. The summed E-state index contributed by atoms with van der Waals surface area (Å²) in [5.41, 5.74) is 8.99. The van der Waals surface area contributed by atoms with Crippen molar-refractivity contribution in [1.29, 1.82) is 5.26 Å². The number of halogens is 2. The smallest absolute Gasteiger partial charge is 0.388 e. The zero-order chi connectivity index (χ0) is 22.1. The number of ether oxygens (including phenoxy) is 1. The van der Waals surface area contributed by atoms with Gasteiger partial charge in [0.25, 0.3) is 0 Å². The van der Waals surface area contributed by atoms with Crippen molar-refractivity contribution in [3.8, 4) is 23.1 Å². The lowest BCUT2D eigenvalue weighted by atomic mass is 9.97. The molecule has 0 spiro atoms. The lowest BCUT2D eigenvalue weighted by molar-refractivity contribution is -0.117. The Morgan fingerprint density at radius 2 is 2.13 bits per heavy atom. The number of carbonyl (C=O) groups is 1. The van der Waals surface area contributed by atoms with Gasteiger partial charge >= 0.3 is 6.61 Å². The highest BCUT2D eigenvalue weighted by Crippen LogP contribution is 2.39. The summed E-state index contributed by atoms with van der Waals surface area (Å²) in [7, 11) is 0. The van der Waals surface area contributed by atoms with Gasteiger partial charge in [0, 0.05) is 35.1 Å². The van der Waals surface area contributed by atoms with Crippen molar-refractivity contribution in [2.75, 3.05) is 11.1 Å². The molecule has 2 heterocycles. The number of hydrogen-bond acceptors (Lipinski definition) is 6. The van der Waals surface area contributed by atoms with Crippen molar-refractivity contribution >= 4 is 28.2 Å². The number of alkyl halides is 2. The number of nitrogens with two attached hydrogens (primary N) is 1. The molecular formula is C22H19F2N5O2. The third-order valence-electron chi connectivity index (χ3n) is 5.28. The zero-order valence-electron chi connectivity index (χ0n) is 16.6. The Kier molecular flexibility index (Phi) is 5.38. The number of benzene rings is 1. The molecule has 9 heteroatoms. The molecular weight excluding hydrogens is 404 g/mol. The van der Waals surface area contributed by atoms with Gasteiger partial charge in [-0.3, -0.25) is 4.79 Å². The van der Waals surface area contributed by atoms with Crippen molar-refractivity contribution < 1.29 is 18.3 Å². The van der Waals surface area contributed by atoms with Gasteiger partial charge in [-0.1, -0.05) is 6.92 Å². The highest BCUT2D eigenvalue weighted by Gasteiger charge is 2.43. The van der Waals surface area contributed by atoms with E-state index in [1.54, 1.807) is 18.3 Å². The molecule has 31 heavy (non-hydrogen) atoms. The molecule has 0 aliphatic heterocycles. The van der Waals surface area contributed by atoms with E-state index in [9.17, 15) is 13.6 Å². The highest BCUT2D eigenvalue weighted by molar-refractivity contribution is 6.00. The zero-order valence-corrected chi connectivity index (χ0v) is 16.6. The molecule has 3 aromatic rings. The molecule has 1 unspecified atom stereocenters.